The normalized spacial score (nSPS) is 10.3. The van der Waals surface area contributed by atoms with Crippen LogP contribution in [-0.2, 0) is 27.4 Å². The van der Waals surface area contributed by atoms with Crippen molar-refractivity contribution >= 4 is 23.2 Å². The molecule has 122 valence electrons. The molecule has 0 radical (unpaired) electrons. The highest BCUT2D eigenvalue weighted by molar-refractivity contribution is 7.07. The minimum absolute atomic E-state index is 0.238. The van der Waals surface area contributed by atoms with Gasteiger partial charge in [0.1, 0.15) is 0 Å². The predicted octanol–water partition coefficient (Wildman–Crippen LogP) is 2.71. The summed E-state index contributed by atoms with van der Waals surface area (Å²) in [5.41, 5.74) is 2.35. The van der Waals surface area contributed by atoms with E-state index < -0.39 is 5.97 Å². The van der Waals surface area contributed by atoms with Crippen LogP contribution >= 0.6 is 11.3 Å². The molecule has 0 saturated carbocycles. The second-order valence-corrected chi connectivity index (χ2v) is 5.87. The van der Waals surface area contributed by atoms with Gasteiger partial charge in [0, 0.05) is 20.7 Å². The zero-order chi connectivity index (χ0) is 16.7. The lowest BCUT2D eigenvalue weighted by Crippen LogP contribution is -2.30. The van der Waals surface area contributed by atoms with Gasteiger partial charge in [0.25, 0.3) is 5.91 Å². The van der Waals surface area contributed by atoms with Gasteiger partial charge in [-0.3, -0.25) is 4.79 Å². The van der Waals surface area contributed by atoms with Crippen molar-refractivity contribution in [1.82, 2.24) is 4.90 Å². The molecule has 23 heavy (non-hydrogen) atoms. The van der Waals surface area contributed by atoms with E-state index in [1.807, 2.05) is 22.9 Å². The summed E-state index contributed by atoms with van der Waals surface area (Å²) in [5.74, 6) is -0.752. The first-order valence-electron chi connectivity index (χ1n) is 7.10. The molecule has 0 atom stereocenters. The van der Waals surface area contributed by atoms with Crippen molar-refractivity contribution in [3.8, 4) is 0 Å². The molecule has 0 fully saturated rings. The lowest BCUT2D eigenvalue weighted by Gasteiger charge is -2.16. The first-order chi connectivity index (χ1) is 11.1. The molecule has 2 rings (SSSR count). The predicted molar refractivity (Wildman–Crippen MR) is 88.2 cm³/mol. The van der Waals surface area contributed by atoms with Crippen molar-refractivity contribution in [2.75, 3.05) is 20.8 Å². The molecule has 0 aliphatic rings. The van der Waals surface area contributed by atoms with Crippen molar-refractivity contribution in [3.05, 3.63) is 57.8 Å². The van der Waals surface area contributed by atoms with Crippen LogP contribution in [0.2, 0.25) is 0 Å². The van der Waals surface area contributed by atoms with Gasteiger partial charge in [-0.15, -0.1) is 0 Å². The van der Waals surface area contributed by atoms with Crippen LogP contribution < -0.4 is 0 Å². The van der Waals surface area contributed by atoms with Gasteiger partial charge < -0.3 is 14.4 Å². The lowest BCUT2D eigenvalue weighted by molar-refractivity contribution is -0.133. The molecular weight excluding hydrogens is 314 g/mol. The molecule has 0 bridgehead atoms. The highest BCUT2D eigenvalue weighted by atomic mass is 32.1. The molecule has 0 saturated heterocycles. The summed E-state index contributed by atoms with van der Waals surface area (Å²) < 4.78 is 10.1. The number of esters is 1. The van der Waals surface area contributed by atoms with Gasteiger partial charge >= 0.3 is 5.97 Å². The number of benzene rings is 1. The largest absolute Gasteiger partial charge is 0.452 e. The maximum atomic E-state index is 12.0. The van der Waals surface area contributed by atoms with E-state index in [9.17, 15) is 9.59 Å². The van der Waals surface area contributed by atoms with E-state index in [-0.39, 0.29) is 12.5 Å². The number of carbonyl (C=O) groups excluding carboxylic acids is 2. The number of carbonyl (C=O) groups is 2. The van der Waals surface area contributed by atoms with Crippen LogP contribution in [0.15, 0.2) is 41.1 Å². The summed E-state index contributed by atoms with van der Waals surface area (Å²) in [4.78, 5) is 25.6. The van der Waals surface area contributed by atoms with Crippen molar-refractivity contribution in [2.24, 2.45) is 0 Å². The Hall–Kier alpha value is -2.18. The van der Waals surface area contributed by atoms with Crippen LogP contribution in [0.25, 0.3) is 0 Å². The second-order valence-electron chi connectivity index (χ2n) is 5.09. The molecule has 1 heterocycles. The van der Waals surface area contributed by atoms with Crippen molar-refractivity contribution in [2.45, 2.75) is 13.2 Å². The summed E-state index contributed by atoms with van der Waals surface area (Å²) in [6.45, 7) is 0.653. The SMILES string of the molecule is COCc1cccc(C(=O)OCC(=O)N(C)Cc2ccsc2)c1. The molecule has 1 amide bonds. The smallest absolute Gasteiger partial charge is 0.338 e. The van der Waals surface area contributed by atoms with Crippen molar-refractivity contribution < 1.29 is 19.1 Å². The first kappa shape index (κ1) is 17.2. The second kappa shape index (κ2) is 8.45. The van der Waals surface area contributed by atoms with Gasteiger partial charge in [-0.25, -0.2) is 4.79 Å². The molecule has 5 nitrogen and oxygen atoms in total. The van der Waals surface area contributed by atoms with E-state index in [1.165, 1.54) is 4.90 Å². The average molecular weight is 333 g/mol. The number of likely N-dealkylation sites (N-methyl/N-ethyl adjacent to an activating group) is 1. The van der Waals surface area contributed by atoms with Gasteiger partial charge in [0.2, 0.25) is 0 Å². The van der Waals surface area contributed by atoms with E-state index in [4.69, 9.17) is 9.47 Å². The van der Waals surface area contributed by atoms with Crippen LogP contribution in [0.1, 0.15) is 21.5 Å². The van der Waals surface area contributed by atoms with E-state index >= 15 is 0 Å². The molecule has 0 aliphatic heterocycles. The highest BCUT2D eigenvalue weighted by Crippen LogP contribution is 2.10. The number of methoxy groups -OCH3 is 1. The van der Waals surface area contributed by atoms with E-state index in [0.29, 0.717) is 18.7 Å². The zero-order valence-electron chi connectivity index (χ0n) is 13.2. The molecule has 1 aromatic carbocycles. The fourth-order valence-corrected chi connectivity index (χ4v) is 2.68. The Kier molecular flexibility index (Phi) is 6.31. The van der Waals surface area contributed by atoms with Gasteiger partial charge in [-0.05, 0) is 40.1 Å². The average Bonchev–Trinajstić information content (AvgIpc) is 3.05. The minimum Gasteiger partial charge on any atom is -0.452 e. The summed E-state index contributed by atoms with van der Waals surface area (Å²) in [5, 5.41) is 3.94. The van der Waals surface area contributed by atoms with Crippen molar-refractivity contribution in [1.29, 1.82) is 0 Å². The fourth-order valence-electron chi connectivity index (χ4n) is 2.02. The molecule has 1 aromatic heterocycles. The maximum Gasteiger partial charge on any atom is 0.338 e. The maximum absolute atomic E-state index is 12.0. The Balaban J connectivity index is 1.85. The highest BCUT2D eigenvalue weighted by Gasteiger charge is 2.14. The number of rotatable bonds is 7. The summed E-state index contributed by atoms with van der Waals surface area (Å²) in [6.07, 6.45) is 0. The van der Waals surface area contributed by atoms with E-state index in [2.05, 4.69) is 0 Å². The third kappa shape index (κ3) is 5.19. The van der Waals surface area contributed by atoms with Gasteiger partial charge in [-0.1, -0.05) is 12.1 Å². The van der Waals surface area contributed by atoms with E-state index in [0.717, 1.165) is 11.1 Å². The van der Waals surface area contributed by atoms with E-state index in [1.54, 1.807) is 43.7 Å². The zero-order valence-corrected chi connectivity index (χ0v) is 14.0. The first-order valence-corrected chi connectivity index (χ1v) is 8.04. The Labute approximate surface area is 139 Å². The Bertz CT molecular complexity index is 654. The molecule has 2 aromatic rings. The monoisotopic (exact) mass is 333 g/mol. The third-order valence-corrected chi connectivity index (χ3v) is 3.96. The van der Waals surface area contributed by atoms with Gasteiger partial charge in [0.05, 0.1) is 12.2 Å². The quantitative estimate of drug-likeness (QED) is 0.731. The van der Waals surface area contributed by atoms with Gasteiger partial charge in [-0.2, -0.15) is 11.3 Å². The molecule has 0 N–H and O–H groups in total. The number of thiophene rings is 1. The van der Waals surface area contributed by atoms with Crippen LogP contribution in [0.5, 0.6) is 0 Å². The Morgan fingerprint density at radius 1 is 1.22 bits per heavy atom. The molecular formula is C17H19NO4S. The number of ether oxygens (including phenoxy) is 2. The van der Waals surface area contributed by atoms with Crippen LogP contribution in [0, 0.1) is 0 Å². The van der Waals surface area contributed by atoms with Gasteiger partial charge in [0.15, 0.2) is 6.61 Å². The Morgan fingerprint density at radius 2 is 2.04 bits per heavy atom. The van der Waals surface area contributed by atoms with Crippen LogP contribution in [0.3, 0.4) is 0 Å². The summed E-state index contributed by atoms with van der Waals surface area (Å²) >= 11 is 1.58. The number of amides is 1. The van der Waals surface area contributed by atoms with Crippen LogP contribution in [-0.4, -0.2) is 37.5 Å². The molecule has 6 heteroatoms. The van der Waals surface area contributed by atoms with Crippen LogP contribution in [0.4, 0.5) is 0 Å². The van der Waals surface area contributed by atoms with Crippen molar-refractivity contribution in [3.63, 3.8) is 0 Å². The molecule has 0 unspecified atom stereocenters. The standard InChI is InChI=1S/C17H19NO4S/c1-18(9-14-6-7-23-12-14)16(19)11-22-17(20)15-5-3-4-13(8-15)10-21-2/h3-8,12H,9-11H2,1-2H3. The molecule has 0 aliphatic carbocycles. The summed E-state index contributed by atoms with van der Waals surface area (Å²) in [7, 11) is 3.28. The summed E-state index contributed by atoms with van der Waals surface area (Å²) in [6, 6.07) is 8.93. The third-order valence-electron chi connectivity index (χ3n) is 3.23. The Morgan fingerprint density at radius 3 is 2.74 bits per heavy atom. The minimum atomic E-state index is -0.514. The fraction of sp³-hybridized carbons (Fsp3) is 0.294. The number of hydrogen-bond acceptors (Lipinski definition) is 5. The lowest BCUT2D eigenvalue weighted by atomic mass is 10.1. The molecule has 0 spiro atoms. The topological polar surface area (TPSA) is 55.8 Å². The number of hydrogen-bond donors (Lipinski definition) is 0. The number of nitrogens with zero attached hydrogens (tertiary/aromatic N) is 1.